The number of nitrogens with zero attached hydrogens (tertiary/aromatic N) is 1. The molecule has 0 aliphatic heterocycles. The molecule has 1 aromatic heterocycles. The summed E-state index contributed by atoms with van der Waals surface area (Å²) < 4.78 is 10.4. The van der Waals surface area contributed by atoms with E-state index in [9.17, 15) is 9.59 Å². The second-order valence-electron chi connectivity index (χ2n) is 6.17. The highest BCUT2D eigenvalue weighted by molar-refractivity contribution is 7.17. The standard InChI is InChI=1S/C20H26N2O4S/c1-4-5-6-7-8-13-26-16-11-9-15(10-12-16)18(23)22-20-21-14(2)17(27-20)19(24)25-3/h9-12H,4-8,13H2,1-3H3,(H,21,22,23). The maximum Gasteiger partial charge on any atom is 0.350 e. The molecule has 0 saturated carbocycles. The highest BCUT2D eigenvalue weighted by Gasteiger charge is 2.17. The lowest BCUT2D eigenvalue weighted by atomic mass is 10.2. The first-order chi connectivity index (χ1) is 13.0. The molecule has 0 spiro atoms. The van der Waals surface area contributed by atoms with Crippen LogP contribution in [0.4, 0.5) is 5.13 Å². The van der Waals surface area contributed by atoms with E-state index >= 15 is 0 Å². The van der Waals surface area contributed by atoms with Crippen LogP contribution in [0.3, 0.4) is 0 Å². The zero-order chi connectivity index (χ0) is 19.6. The third-order valence-electron chi connectivity index (χ3n) is 4.02. The first kappa shape index (κ1) is 20.9. The third kappa shape index (κ3) is 6.36. The number of benzene rings is 1. The molecule has 0 fully saturated rings. The van der Waals surface area contributed by atoms with E-state index in [0.29, 0.717) is 27.9 Å². The van der Waals surface area contributed by atoms with E-state index in [2.05, 4.69) is 17.2 Å². The zero-order valence-electron chi connectivity index (χ0n) is 16.0. The van der Waals surface area contributed by atoms with Crippen LogP contribution in [-0.4, -0.2) is 30.6 Å². The molecule has 2 rings (SSSR count). The summed E-state index contributed by atoms with van der Waals surface area (Å²) in [5, 5.41) is 3.08. The predicted octanol–water partition coefficient (Wildman–Crippen LogP) is 4.84. The number of nitrogens with one attached hydrogen (secondary N) is 1. The molecule has 1 heterocycles. The van der Waals surface area contributed by atoms with Gasteiger partial charge < -0.3 is 9.47 Å². The molecule has 0 unspecified atom stereocenters. The van der Waals surface area contributed by atoms with Gasteiger partial charge in [-0.3, -0.25) is 10.1 Å². The molecule has 0 bridgehead atoms. The quantitative estimate of drug-likeness (QED) is 0.464. The first-order valence-electron chi connectivity index (χ1n) is 9.15. The Kier molecular flexibility index (Phi) is 8.26. The van der Waals surface area contributed by atoms with Crippen LogP contribution >= 0.6 is 11.3 Å². The molecule has 1 N–H and O–H groups in total. The van der Waals surface area contributed by atoms with Crippen molar-refractivity contribution in [1.82, 2.24) is 4.98 Å². The van der Waals surface area contributed by atoms with Gasteiger partial charge in [0, 0.05) is 5.56 Å². The van der Waals surface area contributed by atoms with Gasteiger partial charge in [0.15, 0.2) is 5.13 Å². The van der Waals surface area contributed by atoms with Gasteiger partial charge in [0.1, 0.15) is 10.6 Å². The van der Waals surface area contributed by atoms with Crippen molar-refractivity contribution in [2.45, 2.75) is 46.0 Å². The van der Waals surface area contributed by atoms with Gasteiger partial charge in [0.05, 0.1) is 19.4 Å². The Morgan fingerprint density at radius 3 is 2.48 bits per heavy atom. The Morgan fingerprint density at radius 1 is 1.11 bits per heavy atom. The van der Waals surface area contributed by atoms with Crippen LogP contribution in [0.5, 0.6) is 5.75 Å². The molecule has 0 atom stereocenters. The number of ether oxygens (including phenoxy) is 2. The highest BCUT2D eigenvalue weighted by atomic mass is 32.1. The normalized spacial score (nSPS) is 10.5. The number of anilines is 1. The number of amides is 1. The molecule has 146 valence electrons. The lowest BCUT2D eigenvalue weighted by molar-refractivity contribution is 0.0605. The topological polar surface area (TPSA) is 77.5 Å². The van der Waals surface area contributed by atoms with Crippen molar-refractivity contribution in [1.29, 1.82) is 0 Å². The molecule has 27 heavy (non-hydrogen) atoms. The van der Waals surface area contributed by atoms with Gasteiger partial charge in [0.25, 0.3) is 5.91 Å². The predicted molar refractivity (Wildman–Crippen MR) is 107 cm³/mol. The van der Waals surface area contributed by atoms with Crippen LogP contribution in [0.25, 0.3) is 0 Å². The number of esters is 1. The maximum atomic E-state index is 12.3. The van der Waals surface area contributed by atoms with Gasteiger partial charge in [-0.15, -0.1) is 0 Å². The number of thiazole rings is 1. The molecule has 0 radical (unpaired) electrons. The van der Waals surface area contributed by atoms with Gasteiger partial charge in [-0.25, -0.2) is 9.78 Å². The summed E-state index contributed by atoms with van der Waals surface area (Å²) in [4.78, 5) is 28.5. The number of methoxy groups -OCH3 is 1. The van der Waals surface area contributed by atoms with Crippen LogP contribution < -0.4 is 10.1 Å². The van der Waals surface area contributed by atoms with Crippen molar-refractivity contribution in [2.24, 2.45) is 0 Å². The molecule has 1 aromatic carbocycles. The van der Waals surface area contributed by atoms with E-state index in [-0.39, 0.29) is 5.91 Å². The van der Waals surface area contributed by atoms with Gasteiger partial charge in [-0.1, -0.05) is 43.9 Å². The van der Waals surface area contributed by atoms with E-state index in [1.54, 1.807) is 31.2 Å². The van der Waals surface area contributed by atoms with Crippen LogP contribution in [0.15, 0.2) is 24.3 Å². The smallest absolute Gasteiger partial charge is 0.350 e. The Labute approximate surface area is 163 Å². The molecular formula is C20H26N2O4S. The molecule has 0 aliphatic rings. The molecular weight excluding hydrogens is 364 g/mol. The summed E-state index contributed by atoms with van der Waals surface area (Å²) in [6.45, 7) is 4.58. The van der Waals surface area contributed by atoms with E-state index in [0.717, 1.165) is 23.5 Å². The van der Waals surface area contributed by atoms with E-state index in [4.69, 9.17) is 9.47 Å². The fraction of sp³-hybridized carbons (Fsp3) is 0.450. The largest absolute Gasteiger partial charge is 0.494 e. The number of rotatable bonds is 10. The van der Waals surface area contributed by atoms with Crippen LogP contribution in [0.2, 0.25) is 0 Å². The minimum absolute atomic E-state index is 0.286. The summed E-state index contributed by atoms with van der Waals surface area (Å²) in [7, 11) is 1.31. The fourth-order valence-corrected chi connectivity index (χ4v) is 3.38. The molecule has 6 nitrogen and oxygen atoms in total. The Balaban J connectivity index is 1.85. The Morgan fingerprint density at radius 2 is 1.81 bits per heavy atom. The average molecular weight is 391 g/mol. The summed E-state index contributed by atoms with van der Waals surface area (Å²) in [6, 6.07) is 6.99. The summed E-state index contributed by atoms with van der Waals surface area (Å²) in [6.07, 6.45) is 5.95. The van der Waals surface area contributed by atoms with Crippen molar-refractivity contribution in [3.05, 3.63) is 40.4 Å². The zero-order valence-corrected chi connectivity index (χ0v) is 16.9. The van der Waals surface area contributed by atoms with Crippen molar-refractivity contribution in [3.8, 4) is 5.75 Å². The second-order valence-corrected chi connectivity index (χ2v) is 7.17. The van der Waals surface area contributed by atoms with Crippen LogP contribution in [-0.2, 0) is 4.74 Å². The monoisotopic (exact) mass is 390 g/mol. The van der Waals surface area contributed by atoms with Crippen LogP contribution in [0.1, 0.15) is 64.8 Å². The van der Waals surface area contributed by atoms with Crippen molar-refractivity contribution < 1.29 is 19.1 Å². The van der Waals surface area contributed by atoms with Crippen LogP contribution in [0, 0.1) is 6.92 Å². The number of aryl methyl sites for hydroxylation is 1. The number of carbonyl (C=O) groups is 2. The molecule has 7 heteroatoms. The number of hydrogen-bond acceptors (Lipinski definition) is 6. The third-order valence-corrected chi connectivity index (χ3v) is 5.07. The number of unbranched alkanes of at least 4 members (excludes halogenated alkanes) is 4. The van der Waals surface area contributed by atoms with Gasteiger partial charge >= 0.3 is 5.97 Å². The van der Waals surface area contributed by atoms with Gasteiger partial charge in [-0.05, 0) is 37.6 Å². The fourth-order valence-electron chi connectivity index (χ4n) is 2.50. The number of hydrogen-bond donors (Lipinski definition) is 1. The van der Waals surface area contributed by atoms with Crippen molar-refractivity contribution >= 4 is 28.3 Å². The van der Waals surface area contributed by atoms with Gasteiger partial charge in [-0.2, -0.15) is 0 Å². The van der Waals surface area contributed by atoms with E-state index < -0.39 is 5.97 Å². The summed E-state index contributed by atoms with van der Waals surface area (Å²) >= 11 is 1.10. The minimum Gasteiger partial charge on any atom is -0.494 e. The molecule has 2 aromatic rings. The number of carbonyl (C=O) groups excluding carboxylic acids is 2. The molecule has 0 aliphatic carbocycles. The summed E-state index contributed by atoms with van der Waals surface area (Å²) in [5.74, 6) is 0.00749. The average Bonchev–Trinajstić information content (AvgIpc) is 3.04. The molecule has 1 amide bonds. The molecule has 0 saturated heterocycles. The van der Waals surface area contributed by atoms with E-state index in [1.807, 2.05) is 0 Å². The highest BCUT2D eigenvalue weighted by Crippen LogP contribution is 2.24. The van der Waals surface area contributed by atoms with Crippen molar-refractivity contribution in [3.63, 3.8) is 0 Å². The first-order valence-corrected chi connectivity index (χ1v) is 9.96. The van der Waals surface area contributed by atoms with E-state index in [1.165, 1.54) is 32.8 Å². The number of aromatic nitrogens is 1. The second kappa shape index (κ2) is 10.7. The summed E-state index contributed by atoms with van der Waals surface area (Å²) in [5.41, 5.74) is 1.03. The Hall–Kier alpha value is -2.41. The SMILES string of the molecule is CCCCCCCOc1ccc(C(=O)Nc2nc(C)c(C(=O)OC)s2)cc1. The minimum atomic E-state index is -0.457. The van der Waals surface area contributed by atoms with Crippen molar-refractivity contribution in [2.75, 3.05) is 19.0 Å². The lowest BCUT2D eigenvalue weighted by Gasteiger charge is -2.07. The lowest BCUT2D eigenvalue weighted by Crippen LogP contribution is -2.11. The Bertz CT molecular complexity index is 756. The maximum absolute atomic E-state index is 12.3. The van der Waals surface area contributed by atoms with Gasteiger partial charge in [0.2, 0.25) is 0 Å².